The molecular formula is C14H19I2NO. The van der Waals surface area contributed by atoms with E-state index < -0.39 is 0 Å². The summed E-state index contributed by atoms with van der Waals surface area (Å²) < 4.78 is 1.98. The monoisotopic (exact) mass is 471 g/mol. The molecule has 4 heteroatoms. The molecule has 1 aromatic rings. The second-order valence-corrected chi connectivity index (χ2v) is 7.80. The van der Waals surface area contributed by atoms with Crippen molar-refractivity contribution < 1.29 is 5.11 Å². The van der Waals surface area contributed by atoms with Crippen LogP contribution in [0.15, 0.2) is 17.1 Å². The van der Waals surface area contributed by atoms with Crippen LogP contribution in [0.1, 0.15) is 39.7 Å². The van der Waals surface area contributed by atoms with E-state index in [1.54, 1.807) is 6.21 Å². The molecule has 1 atom stereocenters. The quantitative estimate of drug-likeness (QED) is 0.497. The highest BCUT2D eigenvalue weighted by atomic mass is 127. The molecule has 2 nitrogen and oxygen atoms in total. The van der Waals surface area contributed by atoms with Gasteiger partial charge in [0.1, 0.15) is 5.75 Å². The molecule has 0 aliphatic carbocycles. The van der Waals surface area contributed by atoms with Crippen LogP contribution >= 0.6 is 45.2 Å². The van der Waals surface area contributed by atoms with Crippen molar-refractivity contribution in [1.82, 2.24) is 0 Å². The lowest BCUT2D eigenvalue weighted by Crippen LogP contribution is -2.23. The van der Waals surface area contributed by atoms with Gasteiger partial charge in [-0.15, -0.1) is 0 Å². The number of halogens is 2. The Labute approximate surface area is 137 Å². The highest BCUT2D eigenvalue weighted by Crippen LogP contribution is 2.28. The van der Waals surface area contributed by atoms with E-state index in [4.69, 9.17) is 0 Å². The van der Waals surface area contributed by atoms with Crippen LogP contribution in [0.3, 0.4) is 0 Å². The lowest BCUT2D eigenvalue weighted by molar-refractivity contribution is 0.316. The second kappa shape index (κ2) is 6.54. The Balaban J connectivity index is 3.04. The number of nitrogens with zero attached hydrogens (tertiary/aromatic N) is 1. The molecule has 1 N–H and O–H groups in total. The zero-order chi connectivity index (χ0) is 13.9. The molecule has 0 saturated carbocycles. The third kappa shape index (κ3) is 4.36. The zero-order valence-electron chi connectivity index (χ0n) is 11.2. The zero-order valence-corrected chi connectivity index (χ0v) is 15.5. The maximum Gasteiger partial charge on any atom is 0.137 e. The minimum absolute atomic E-state index is 0.149. The van der Waals surface area contributed by atoms with Crippen molar-refractivity contribution in [3.63, 3.8) is 0 Å². The van der Waals surface area contributed by atoms with Gasteiger partial charge in [-0.25, -0.2) is 0 Å². The third-order valence-corrected chi connectivity index (χ3v) is 4.28. The molecule has 1 rings (SSSR count). The van der Waals surface area contributed by atoms with Crippen LogP contribution in [-0.2, 0) is 0 Å². The SMILES string of the molecule is CC[C@H](/N=C/c1cc(I)cc(I)c1O)C(C)(C)C. The smallest absolute Gasteiger partial charge is 0.137 e. The van der Waals surface area contributed by atoms with Gasteiger partial charge in [0, 0.05) is 15.3 Å². The summed E-state index contributed by atoms with van der Waals surface area (Å²) in [7, 11) is 0. The number of aromatic hydroxyl groups is 1. The fourth-order valence-electron chi connectivity index (χ4n) is 1.80. The molecule has 0 spiro atoms. The average Bonchev–Trinajstić information content (AvgIpc) is 2.23. The summed E-state index contributed by atoms with van der Waals surface area (Å²) in [5.74, 6) is 0.323. The summed E-state index contributed by atoms with van der Waals surface area (Å²) in [6.07, 6.45) is 2.81. The standard InChI is InChI=1S/C14H19I2NO/c1-5-12(14(2,3)4)17-8-9-6-10(15)7-11(16)13(9)18/h6-8,12,18H,5H2,1-4H3/b17-8+/t12-/m0/s1. The first kappa shape index (κ1) is 16.2. The lowest BCUT2D eigenvalue weighted by atomic mass is 9.85. The molecule has 0 bridgehead atoms. The minimum Gasteiger partial charge on any atom is -0.506 e. The molecule has 0 unspecified atom stereocenters. The summed E-state index contributed by atoms with van der Waals surface area (Å²) in [6, 6.07) is 4.18. The summed E-state index contributed by atoms with van der Waals surface area (Å²) in [4.78, 5) is 4.64. The Morgan fingerprint density at radius 2 is 1.94 bits per heavy atom. The van der Waals surface area contributed by atoms with Gasteiger partial charge < -0.3 is 5.11 Å². The van der Waals surface area contributed by atoms with E-state index in [1.165, 1.54) is 0 Å². The van der Waals surface area contributed by atoms with Gasteiger partial charge >= 0.3 is 0 Å². The van der Waals surface area contributed by atoms with Crippen LogP contribution < -0.4 is 0 Å². The van der Waals surface area contributed by atoms with Gasteiger partial charge in [-0.05, 0) is 69.2 Å². The topological polar surface area (TPSA) is 32.6 Å². The van der Waals surface area contributed by atoms with Crippen molar-refractivity contribution in [3.8, 4) is 5.75 Å². The summed E-state index contributed by atoms with van der Waals surface area (Å²) in [6.45, 7) is 8.72. The number of aliphatic imine (C=N–C) groups is 1. The molecule has 0 aliphatic rings. The summed E-state index contributed by atoms with van der Waals surface area (Å²) in [5, 5.41) is 10.0. The predicted molar refractivity (Wildman–Crippen MR) is 94.7 cm³/mol. The van der Waals surface area contributed by atoms with E-state index >= 15 is 0 Å². The first-order valence-electron chi connectivity index (χ1n) is 5.97. The fourth-order valence-corrected chi connectivity index (χ4v) is 3.69. The third-order valence-electron chi connectivity index (χ3n) is 2.84. The molecule has 0 amide bonds. The van der Waals surface area contributed by atoms with E-state index in [0.717, 1.165) is 19.1 Å². The maximum atomic E-state index is 10.0. The Kier molecular flexibility index (Phi) is 5.89. The Morgan fingerprint density at radius 3 is 2.44 bits per heavy atom. The number of rotatable bonds is 3. The van der Waals surface area contributed by atoms with Crippen LogP contribution in [0.2, 0.25) is 0 Å². The molecule has 0 saturated heterocycles. The highest BCUT2D eigenvalue weighted by Gasteiger charge is 2.21. The van der Waals surface area contributed by atoms with Crippen LogP contribution in [0, 0.1) is 12.6 Å². The van der Waals surface area contributed by atoms with Crippen molar-refractivity contribution in [3.05, 3.63) is 24.8 Å². The van der Waals surface area contributed by atoms with Crippen molar-refractivity contribution in [1.29, 1.82) is 0 Å². The van der Waals surface area contributed by atoms with E-state index in [0.29, 0.717) is 5.75 Å². The Morgan fingerprint density at radius 1 is 1.33 bits per heavy atom. The van der Waals surface area contributed by atoms with Crippen LogP contribution in [0.25, 0.3) is 0 Å². The molecule has 0 radical (unpaired) electrons. The number of phenols is 1. The van der Waals surface area contributed by atoms with Gasteiger partial charge in [-0.1, -0.05) is 27.7 Å². The average molecular weight is 471 g/mol. The van der Waals surface area contributed by atoms with Crippen molar-refractivity contribution >= 4 is 51.4 Å². The van der Waals surface area contributed by atoms with Crippen molar-refractivity contribution in [2.24, 2.45) is 10.4 Å². The first-order chi connectivity index (χ1) is 8.25. The van der Waals surface area contributed by atoms with Gasteiger partial charge in [0.15, 0.2) is 0 Å². The maximum absolute atomic E-state index is 10.0. The Hall–Kier alpha value is 0.150. The van der Waals surface area contributed by atoms with Gasteiger partial charge in [-0.2, -0.15) is 0 Å². The number of phenolic OH excluding ortho intramolecular Hbond substituents is 1. The van der Waals surface area contributed by atoms with Gasteiger partial charge in [0.25, 0.3) is 0 Å². The second-order valence-electron chi connectivity index (χ2n) is 5.39. The van der Waals surface area contributed by atoms with E-state index in [9.17, 15) is 5.11 Å². The van der Waals surface area contributed by atoms with Crippen LogP contribution in [0.5, 0.6) is 5.75 Å². The normalized spacial score (nSPS) is 14.1. The molecule has 0 aliphatic heterocycles. The minimum atomic E-state index is 0.149. The Bertz CT molecular complexity index is 450. The van der Waals surface area contributed by atoms with Gasteiger partial charge in [-0.3, -0.25) is 4.99 Å². The van der Waals surface area contributed by atoms with E-state index in [2.05, 4.69) is 77.9 Å². The molecule has 0 fully saturated rings. The van der Waals surface area contributed by atoms with Crippen LogP contribution in [0.4, 0.5) is 0 Å². The number of hydrogen-bond acceptors (Lipinski definition) is 2. The summed E-state index contributed by atoms with van der Waals surface area (Å²) in [5.41, 5.74) is 0.949. The van der Waals surface area contributed by atoms with Gasteiger partial charge in [0.05, 0.1) is 9.61 Å². The highest BCUT2D eigenvalue weighted by molar-refractivity contribution is 14.1. The first-order valence-corrected chi connectivity index (χ1v) is 8.12. The molecule has 1 aromatic carbocycles. The van der Waals surface area contributed by atoms with Gasteiger partial charge in [0.2, 0.25) is 0 Å². The predicted octanol–water partition coefficient (Wildman–Crippen LogP) is 4.85. The lowest BCUT2D eigenvalue weighted by Gasteiger charge is -2.26. The number of hydrogen-bond donors (Lipinski definition) is 1. The van der Waals surface area contributed by atoms with E-state index in [-0.39, 0.29) is 11.5 Å². The fraction of sp³-hybridized carbons (Fsp3) is 0.500. The van der Waals surface area contributed by atoms with Crippen LogP contribution in [-0.4, -0.2) is 17.4 Å². The largest absolute Gasteiger partial charge is 0.506 e. The summed E-state index contributed by atoms with van der Waals surface area (Å²) >= 11 is 4.39. The molecular weight excluding hydrogens is 452 g/mol. The van der Waals surface area contributed by atoms with Crippen molar-refractivity contribution in [2.75, 3.05) is 0 Å². The molecule has 0 aromatic heterocycles. The molecule has 18 heavy (non-hydrogen) atoms. The van der Waals surface area contributed by atoms with E-state index in [1.807, 2.05) is 12.1 Å². The molecule has 100 valence electrons. The number of benzene rings is 1. The molecule has 0 heterocycles. The van der Waals surface area contributed by atoms with Crippen molar-refractivity contribution in [2.45, 2.75) is 40.2 Å².